The normalized spacial score (nSPS) is 16.1. The SMILES string of the molecule is CCC(C)NC(=O)COC(=O)c1c2c(nc3ccccc13)C(=Cc1ccc3c(c1)OCO3)CCC2. The van der Waals surface area contributed by atoms with Crippen LogP contribution in [-0.2, 0) is 16.0 Å². The van der Waals surface area contributed by atoms with Crippen LogP contribution in [0.5, 0.6) is 11.5 Å². The average Bonchev–Trinajstić information content (AvgIpc) is 3.34. The molecule has 0 fully saturated rings. The first kappa shape index (κ1) is 22.9. The molecule has 180 valence electrons. The van der Waals surface area contributed by atoms with Crippen LogP contribution < -0.4 is 14.8 Å². The monoisotopic (exact) mass is 472 g/mol. The number of hydrogen-bond acceptors (Lipinski definition) is 6. The third kappa shape index (κ3) is 4.71. The van der Waals surface area contributed by atoms with E-state index < -0.39 is 5.97 Å². The van der Waals surface area contributed by atoms with E-state index in [4.69, 9.17) is 19.2 Å². The van der Waals surface area contributed by atoms with Gasteiger partial charge in [-0.2, -0.15) is 0 Å². The number of rotatable bonds is 6. The van der Waals surface area contributed by atoms with Crippen LogP contribution in [0.15, 0.2) is 42.5 Å². The summed E-state index contributed by atoms with van der Waals surface area (Å²) in [5, 5.41) is 3.57. The van der Waals surface area contributed by atoms with Crippen molar-refractivity contribution in [3.05, 3.63) is 64.8 Å². The highest BCUT2D eigenvalue weighted by atomic mass is 16.7. The van der Waals surface area contributed by atoms with Crippen molar-refractivity contribution in [1.29, 1.82) is 0 Å². The molecule has 0 radical (unpaired) electrons. The van der Waals surface area contributed by atoms with Gasteiger partial charge in [0.25, 0.3) is 5.91 Å². The molecule has 1 aromatic heterocycles. The third-order valence-electron chi connectivity index (χ3n) is 6.47. The predicted molar refractivity (Wildman–Crippen MR) is 133 cm³/mol. The van der Waals surface area contributed by atoms with Gasteiger partial charge in [0.15, 0.2) is 18.1 Å². The maximum absolute atomic E-state index is 13.3. The number of pyridine rings is 1. The maximum atomic E-state index is 13.3. The molecule has 0 saturated carbocycles. The number of benzene rings is 2. The van der Waals surface area contributed by atoms with Crippen LogP contribution in [0, 0.1) is 0 Å². The van der Waals surface area contributed by atoms with Gasteiger partial charge in [-0.05, 0) is 73.6 Å². The second kappa shape index (κ2) is 9.78. The Labute approximate surface area is 204 Å². The van der Waals surface area contributed by atoms with Crippen molar-refractivity contribution in [2.24, 2.45) is 0 Å². The maximum Gasteiger partial charge on any atom is 0.339 e. The molecule has 7 nitrogen and oxygen atoms in total. The van der Waals surface area contributed by atoms with Gasteiger partial charge in [0.1, 0.15) is 0 Å². The van der Waals surface area contributed by atoms with E-state index in [2.05, 4.69) is 11.4 Å². The average molecular weight is 473 g/mol. The number of para-hydroxylation sites is 1. The number of aromatic nitrogens is 1. The molecule has 35 heavy (non-hydrogen) atoms. The number of nitrogens with zero attached hydrogens (tertiary/aromatic N) is 1. The van der Waals surface area contributed by atoms with Gasteiger partial charge in [-0.3, -0.25) is 4.79 Å². The first-order valence-corrected chi connectivity index (χ1v) is 12.0. The van der Waals surface area contributed by atoms with Crippen molar-refractivity contribution in [2.75, 3.05) is 13.4 Å². The number of carbonyl (C=O) groups is 2. The number of amides is 1. The standard InChI is InChI=1S/C28H28N2O5/c1-3-17(2)29-25(31)15-33-28(32)26-20-8-4-5-10-22(20)30-27-19(7-6-9-21(26)27)13-18-11-12-23-24(14-18)35-16-34-23/h4-5,8,10-14,17H,3,6-7,9,15-16H2,1-2H3,(H,29,31). The topological polar surface area (TPSA) is 86.8 Å². The lowest BCUT2D eigenvalue weighted by atomic mass is 9.86. The Kier molecular flexibility index (Phi) is 6.40. The summed E-state index contributed by atoms with van der Waals surface area (Å²) in [6.07, 6.45) is 5.35. The Morgan fingerprint density at radius 1 is 1.14 bits per heavy atom. The Bertz CT molecular complexity index is 1330. The highest BCUT2D eigenvalue weighted by Crippen LogP contribution is 2.38. The minimum Gasteiger partial charge on any atom is -0.454 e. The summed E-state index contributed by atoms with van der Waals surface area (Å²) < 4.78 is 16.4. The summed E-state index contributed by atoms with van der Waals surface area (Å²) in [4.78, 5) is 30.5. The summed E-state index contributed by atoms with van der Waals surface area (Å²) in [6.45, 7) is 3.82. The predicted octanol–water partition coefficient (Wildman–Crippen LogP) is 4.91. The van der Waals surface area contributed by atoms with Crippen molar-refractivity contribution >= 4 is 34.4 Å². The largest absolute Gasteiger partial charge is 0.454 e. The highest BCUT2D eigenvalue weighted by molar-refractivity contribution is 6.07. The number of nitrogens with one attached hydrogen (secondary N) is 1. The Morgan fingerprint density at radius 3 is 2.83 bits per heavy atom. The minimum absolute atomic E-state index is 0.0274. The van der Waals surface area contributed by atoms with Crippen molar-refractivity contribution in [2.45, 2.75) is 45.6 Å². The molecule has 5 rings (SSSR count). The molecule has 0 saturated heterocycles. The van der Waals surface area contributed by atoms with Gasteiger partial charge in [-0.1, -0.05) is 31.2 Å². The zero-order valence-corrected chi connectivity index (χ0v) is 19.9. The molecule has 0 spiro atoms. The fourth-order valence-corrected chi connectivity index (χ4v) is 4.53. The lowest BCUT2D eigenvalue weighted by Gasteiger charge is -2.22. The molecule has 1 N–H and O–H groups in total. The van der Waals surface area contributed by atoms with Gasteiger partial charge < -0.3 is 19.5 Å². The number of hydrogen-bond donors (Lipinski definition) is 1. The smallest absolute Gasteiger partial charge is 0.339 e. The summed E-state index contributed by atoms with van der Waals surface area (Å²) >= 11 is 0. The molecule has 1 amide bonds. The van der Waals surface area contributed by atoms with Crippen LogP contribution in [-0.4, -0.2) is 36.3 Å². The van der Waals surface area contributed by atoms with Gasteiger partial charge in [-0.25, -0.2) is 9.78 Å². The van der Waals surface area contributed by atoms with Crippen LogP contribution in [0.3, 0.4) is 0 Å². The summed E-state index contributed by atoms with van der Waals surface area (Å²) in [7, 11) is 0. The van der Waals surface area contributed by atoms with E-state index in [-0.39, 0.29) is 25.3 Å². The molecule has 1 aliphatic heterocycles. The number of ether oxygens (including phenoxy) is 3. The lowest BCUT2D eigenvalue weighted by Crippen LogP contribution is -2.35. The van der Waals surface area contributed by atoms with E-state index in [1.165, 1.54) is 0 Å². The van der Waals surface area contributed by atoms with Crippen molar-refractivity contribution in [3.8, 4) is 11.5 Å². The van der Waals surface area contributed by atoms with Gasteiger partial charge in [0.2, 0.25) is 6.79 Å². The van der Waals surface area contributed by atoms with Crippen molar-refractivity contribution < 1.29 is 23.8 Å². The molecule has 7 heteroatoms. The number of carbonyl (C=O) groups excluding carboxylic acids is 2. The molecular formula is C28H28N2O5. The number of esters is 1. The van der Waals surface area contributed by atoms with Crippen LogP contribution in [0.2, 0.25) is 0 Å². The lowest BCUT2D eigenvalue weighted by molar-refractivity contribution is -0.124. The second-order valence-corrected chi connectivity index (χ2v) is 8.92. The zero-order valence-electron chi connectivity index (χ0n) is 19.9. The van der Waals surface area contributed by atoms with Crippen molar-refractivity contribution in [1.82, 2.24) is 10.3 Å². The summed E-state index contributed by atoms with van der Waals surface area (Å²) in [6, 6.07) is 13.4. The van der Waals surface area contributed by atoms with Crippen LogP contribution >= 0.6 is 0 Å². The van der Waals surface area contributed by atoms with E-state index in [1.807, 2.05) is 56.3 Å². The van der Waals surface area contributed by atoms with Gasteiger partial charge in [0, 0.05) is 11.4 Å². The molecular weight excluding hydrogens is 444 g/mol. The molecule has 3 aromatic rings. The Morgan fingerprint density at radius 2 is 1.97 bits per heavy atom. The zero-order chi connectivity index (χ0) is 24.4. The summed E-state index contributed by atoms with van der Waals surface area (Å²) in [5.74, 6) is 0.663. The fourth-order valence-electron chi connectivity index (χ4n) is 4.53. The van der Waals surface area contributed by atoms with Gasteiger partial charge >= 0.3 is 5.97 Å². The minimum atomic E-state index is -0.497. The highest BCUT2D eigenvalue weighted by Gasteiger charge is 2.26. The van der Waals surface area contributed by atoms with Crippen LogP contribution in [0.1, 0.15) is 60.3 Å². The van der Waals surface area contributed by atoms with Crippen molar-refractivity contribution in [3.63, 3.8) is 0 Å². The van der Waals surface area contributed by atoms with Gasteiger partial charge in [0.05, 0.1) is 16.8 Å². The second-order valence-electron chi connectivity index (χ2n) is 8.92. The molecule has 2 aromatic carbocycles. The molecule has 1 unspecified atom stereocenters. The molecule has 1 aliphatic carbocycles. The molecule has 0 bridgehead atoms. The Hall–Kier alpha value is -3.87. The van der Waals surface area contributed by atoms with E-state index in [1.54, 1.807) is 0 Å². The van der Waals surface area contributed by atoms with E-state index in [0.717, 1.165) is 70.5 Å². The van der Waals surface area contributed by atoms with Crippen LogP contribution in [0.4, 0.5) is 0 Å². The first-order valence-electron chi connectivity index (χ1n) is 12.0. The summed E-state index contributed by atoms with van der Waals surface area (Å²) in [5.41, 5.74) is 4.94. The van der Waals surface area contributed by atoms with Gasteiger partial charge in [-0.15, -0.1) is 0 Å². The van der Waals surface area contributed by atoms with E-state index >= 15 is 0 Å². The molecule has 2 aliphatic rings. The molecule has 1 atom stereocenters. The fraction of sp³-hybridized carbons (Fsp3) is 0.321. The quantitative estimate of drug-likeness (QED) is 0.513. The first-order chi connectivity index (χ1) is 17.0. The Balaban J connectivity index is 1.51. The van der Waals surface area contributed by atoms with E-state index in [0.29, 0.717) is 5.56 Å². The third-order valence-corrected chi connectivity index (χ3v) is 6.47. The van der Waals surface area contributed by atoms with Crippen LogP contribution in [0.25, 0.3) is 22.6 Å². The number of fused-ring (bicyclic) bond motifs is 3. The van der Waals surface area contributed by atoms with E-state index in [9.17, 15) is 9.59 Å². The molecule has 2 heterocycles. The number of allylic oxidation sites excluding steroid dienone is 1.